The first-order valence-electron chi connectivity index (χ1n) is 8.87. The average Bonchev–Trinajstić information content (AvgIpc) is 2.66. The first-order valence-corrected chi connectivity index (χ1v) is 8.87. The van der Waals surface area contributed by atoms with Crippen LogP contribution in [0, 0.1) is 16.0 Å². The Morgan fingerprint density at radius 2 is 2.00 bits per heavy atom. The molecule has 1 aromatic carbocycles. The summed E-state index contributed by atoms with van der Waals surface area (Å²) in [4.78, 5) is 34.8. The van der Waals surface area contributed by atoms with Crippen molar-refractivity contribution in [2.24, 2.45) is 5.92 Å². The van der Waals surface area contributed by atoms with Crippen LogP contribution in [0.4, 0.5) is 11.4 Å². The number of hydrogen-bond donors (Lipinski definition) is 2. The number of nitro benzene ring substituents is 1. The normalized spacial score (nSPS) is 15.8. The van der Waals surface area contributed by atoms with Crippen molar-refractivity contribution in [3.05, 3.63) is 33.9 Å². The van der Waals surface area contributed by atoms with E-state index in [2.05, 4.69) is 10.6 Å². The molecule has 0 bridgehead atoms. The minimum absolute atomic E-state index is 0.0302. The number of ether oxygens (including phenoxy) is 1. The lowest BCUT2D eigenvalue weighted by Crippen LogP contribution is -2.38. The van der Waals surface area contributed by atoms with Crippen LogP contribution in [0.15, 0.2) is 18.2 Å². The summed E-state index contributed by atoms with van der Waals surface area (Å²) in [6.07, 6.45) is 4.87. The highest BCUT2D eigenvalue weighted by Gasteiger charge is 2.23. The zero-order valence-electron chi connectivity index (χ0n) is 15.1. The van der Waals surface area contributed by atoms with E-state index in [1.54, 1.807) is 7.05 Å². The van der Waals surface area contributed by atoms with E-state index in [9.17, 15) is 19.7 Å². The van der Waals surface area contributed by atoms with Gasteiger partial charge in [-0.25, -0.2) is 4.79 Å². The molecule has 0 spiro atoms. The molecule has 0 unspecified atom stereocenters. The molecule has 0 aromatic heterocycles. The number of amides is 1. The van der Waals surface area contributed by atoms with Crippen LogP contribution in [0.25, 0.3) is 0 Å². The zero-order valence-corrected chi connectivity index (χ0v) is 15.1. The summed E-state index contributed by atoms with van der Waals surface area (Å²) >= 11 is 0. The first kappa shape index (κ1) is 19.7. The van der Waals surface area contributed by atoms with Gasteiger partial charge < -0.3 is 15.4 Å². The van der Waals surface area contributed by atoms with Gasteiger partial charge in [0.25, 0.3) is 11.6 Å². The van der Waals surface area contributed by atoms with Gasteiger partial charge in [-0.2, -0.15) is 0 Å². The highest BCUT2D eigenvalue weighted by atomic mass is 16.6. The van der Waals surface area contributed by atoms with Crippen molar-refractivity contribution in [1.82, 2.24) is 5.32 Å². The predicted octanol–water partition coefficient (Wildman–Crippen LogP) is 2.88. The Balaban J connectivity index is 1.92. The number of carbonyl (C=O) groups excluding carboxylic acids is 2. The number of carbonyl (C=O) groups is 2. The maximum atomic E-state index is 12.2. The Hall–Kier alpha value is -2.64. The number of esters is 1. The number of anilines is 1. The number of nitrogens with one attached hydrogen (secondary N) is 2. The van der Waals surface area contributed by atoms with Gasteiger partial charge in [0.1, 0.15) is 5.69 Å². The molecule has 1 aliphatic carbocycles. The second kappa shape index (κ2) is 9.17. The summed E-state index contributed by atoms with van der Waals surface area (Å²) in [5.74, 6) is -0.645. The van der Waals surface area contributed by atoms with Gasteiger partial charge in [-0.15, -0.1) is 0 Å². The Labute approximate surface area is 152 Å². The van der Waals surface area contributed by atoms with Crippen LogP contribution < -0.4 is 10.6 Å². The zero-order chi connectivity index (χ0) is 19.1. The van der Waals surface area contributed by atoms with Crippen molar-refractivity contribution in [3.63, 3.8) is 0 Å². The molecule has 1 atom stereocenters. The maximum absolute atomic E-state index is 12.2. The predicted molar refractivity (Wildman–Crippen MR) is 97.1 cm³/mol. The SMILES string of the molecule is CNc1ccc(C(=O)O[C@H](C)C(=O)NCC2CCCCC2)cc1[N+](=O)[O-]. The van der Waals surface area contributed by atoms with E-state index in [-0.39, 0.29) is 17.2 Å². The number of nitrogens with zero attached hydrogens (tertiary/aromatic N) is 1. The van der Waals surface area contributed by atoms with Gasteiger partial charge in [0.15, 0.2) is 6.10 Å². The van der Waals surface area contributed by atoms with Gasteiger partial charge in [0.05, 0.1) is 10.5 Å². The van der Waals surface area contributed by atoms with Crippen LogP contribution in [0.2, 0.25) is 0 Å². The van der Waals surface area contributed by atoms with Crippen LogP contribution in [0.5, 0.6) is 0 Å². The molecule has 1 amide bonds. The lowest BCUT2D eigenvalue weighted by Gasteiger charge is -2.22. The van der Waals surface area contributed by atoms with E-state index < -0.39 is 17.0 Å². The summed E-state index contributed by atoms with van der Waals surface area (Å²) in [5.41, 5.74) is 0.101. The van der Waals surface area contributed by atoms with Gasteiger partial charge in [-0.1, -0.05) is 19.3 Å². The average molecular weight is 363 g/mol. The van der Waals surface area contributed by atoms with E-state index in [0.717, 1.165) is 18.9 Å². The van der Waals surface area contributed by atoms with Gasteiger partial charge in [-0.3, -0.25) is 14.9 Å². The smallest absolute Gasteiger partial charge is 0.339 e. The molecule has 1 aromatic rings. The highest BCUT2D eigenvalue weighted by molar-refractivity contribution is 5.93. The molecule has 1 saturated carbocycles. The van der Waals surface area contributed by atoms with E-state index in [1.807, 2.05) is 0 Å². The number of benzene rings is 1. The second-order valence-electron chi connectivity index (χ2n) is 6.54. The maximum Gasteiger partial charge on any atom is 0.339 e. The lowest BCUT2D eigenvalue weighted by molar-refractivity contribution is -0.384. The van der Waals surface area contributed by atoms with Crippen LogP contribution in [-0.4, -0.2) is 36.5 Å². The summed E-state index contributed by atoms with van der Waals surface area (Å²) in [6, 6.07) is 4.00. The van der Waals surface area contributed by atoms with Crippen LogP contribution in [0.1, 0.15) is 49.4 Å². The first-order chi connectivity index (χ1) is 12.4. The van der Waals surface area contributed by atoms with Crippen molar-refractivity contribution < 1.29 is 19.2 Å². The Bertz CT molecular complexity index is 671. The quantitative estimate of drug-likeness (QED) is 0.438. The fourth-order valence-corrected chi connectivity index (χ4v) is 3.08. The Morgan fingerprint density at radius 3 is 2.62 bits per heavy atom. The molecule has 2 rings (SSSR count). The highest BCUT2D eigenvalue weighted by Crippen LogP contribution is 2.25. The fourth-order valence-electron chi connectivity index (χ4n) is 3.08. The van der Waals surface area contributed by atoms with Crippen LogP contribution in [-0.2, 0) is 9.53 Å². The molecule has 0 aliphatic heterocycles. The van der Waals surface area contributed by atoms with Crippen molar-refractivity contribution >= 4 is 23.3 Å². The van der Waals surface area contributed by atoms with Gasteiger partial charge in [0.2, 0.25) is 0 Å². The monoisotopic (exact) mass is 363 g/mol. The van der Waals surface area contributed by atoms with Crippen molar-refractivity contribution in [2.75, 3.05) is 18.9 Å². The molecular weight excluding hydrogens is 338 g/mol. The lowest BCUT2D eigenvalue weighted by atomic mass is 9.89. The largest absolute Gasteiger partial charge is 0.449 e. The molecule has 1 aliphatic rings. The van der Waals surface area contributed by atoms with E-state index in [4.69, 9.17) is 4.74 Å². The molecule has 1 fully saturated rings. The molecule has 2 N–H and O–H groups in total. The van der Waals surface area contributed by atoms with E-state index in [0.29, 0.717) is 18.2 Å². The second-order valence-corrected chi connectivity index (χ2v) is 6.54. The number of hydrogen-bond acceptors (Lipinski definition) is 6. The van der Waals surface area contributed by atoms with Gasteiger partial charge >= 0.3 is 5.97 Å². The van der Waals surface area contributed by atoms with Gasteiger partial charge in [-0.05, 0) is 37.8 Å². The fraction of sp³-hybridized carbons (Fsp3) is 0.556. The molecule has 8 heteroatoms. The molecule has 0 heterocycles. The minimum atomic E-state index is -0.964. The van der Waals surface area contributed by atoms with Crippen LogP contribution in [0.3, 0.4) is 0 Å². The third-order valence-corrected chi connectivity index (χ3v) is 4.64. The van der Waals surface area contributed by atoms with Crippen LogP contribution >= 0.6 is 0 Å². The van der Waals surface area contributed by atoms with E-state index >= 15 is 0 Å². The summed E-state index contributed by atoms with van der Waals surface area (Å²) in [7, 11) is 1.55. The topological polar surface area (TPSA) is 111 Å². The molecule has 8 nitrogen and oxygen atoms in total. The molecular formula is C18H25N3O5. The Morgan fingerprint density at radius 1 is 1.31 bits per heavy atom. The number of rotatable bonds is 7. The Kier molecular flexibility index (Phi) is 6.94. The molecule has 142 valence electrons. The molecule has 26 heavy (non-hydrogen) atoms. The van der Waals surface area contributed by atoms with Crippen molar-refractivity contribution in [2.45, 2.75) is 45.1 Å². The van der Waals surface area contributed by atoms with Gasteiger partial charge in [0, 0.05) is 19.7 Å². The number of nitro groups is 1. The summed E-state index contributed by atoms with van der Waals surface area (Å²) < 4.78 is 5.15. The summed E-state index contributed by atoms with van der Waals surface area (Å²) in [6.45, 7) is 2.08. The third kappa shape index (κ3) is 5.18. The minimum Gasteiger partial charge on any atom is -0.449 e. The molecule has 0 saturated heterocycles. The third-order valence-electron chi connectivity index (χ3n) is 4.64. The van der Waals surface area contributed by atoms with Crippen molar-refractivity contribution in [1.29, 1.82) is 0 Å². The van der Waals surface area contributed by atoms with Crippen molar-refractivity contribution in [3.8, 4) is 0 Å². The van der Waals surface area contributed by atoms with E-state index in [1.165, 1.54) is 38.3 Å². The summed E-state index contributed by atoms with van der Waals surface area (Å²) in [5, 5.41) is 16.6. The standard InChI is InChI=1S/C18H25N3O5/c1-12(17(22)20-11-13-6-4-3-5-7-13)26-18(23)14-8-9-15(19-2)16(10-14)21(24)25/h8-10,12-13,19H,3-7,11H2,1-2H3,(H,20,22)/t12-/m1/s1. The molecule has 0 radical (unpaired) electrons.